The minimum atomic E-state index is -0.0833. The van der Waals surface area contributed by atoms with E-state index in [1.807, 2.05) is 25.1 Å². The molecule has 1 amide bonds. The van der Waals surface area contributed by atoms with Gasteiger partial charge in [0.2, 0.25) is 0 Å². The van der Waals surface area contributed by atoms with Gasteiger partial charge in [-0.2, -0.15) is 5.10 Å². The summed E-state index contributed by atoms with van der Waals surface area (Å²) in [5, 5.41) is 7.54. The van der Waals surface area contributed by atoms with Crippen molar-refractivity contribution in [3.05, 3.63) is 41.9 Å². The van der Waals surface area contributed by atoms with Crippen LogP contribution in [0.2, 0.25) is 0 Å². The summed E-state index contributed by atoms with van der Waals surface area (Å²) in [5.41, 5.74) is 7.44. The second kappa shape index (κ2) is 11.3. The highest BCUT2D eigenvalue weighted by atomic mass is 35.5. The Morgan fingerprint density at radius 1 is 1.30 bits per heavy atom. The zero-order valence-corrected chi connectivity index (χ0v) is 17.3. The van der Waals surface area contributed by atoms with Crippen molar-refractivity contribution in [1.82, 2.24) is 20.1 Å². The van der Waals surface area contributed by atoms with Crippen LogP contribution in [0.1, 0.15) is 55.1 Å². The Bertz CT molecular complexity index is 701. The van der Waals surface area contributed by atoms with Gasteiger partial charge < -0.3 is 11.1 Å². The molecule has 1 atom stereocenters. The maximum Gasteiger partial charge on any atom is 0.255 e. The lowest BCUT2D eigenvalue weighted by Gasteiger charge is -2.30. The fraction of sp³-hybridized carbons (Fsp3) is 0.526. The lowest BCUT2D eigenvalue weighted by atomic mass is 9.84. The fourth-order valence-electron chi connectivity index (χ4n) is 3.73. The topological polar surface area (TPSA) is 85.8 Å². The number of nitrogens with zero attached hydrogens (tertiary/aromatic N) is 3. The van der Waals surface area contributed by atoms with Crippen LogP contribution in [0.3, 0.4) is 0 Å². The Morgan fingerprint density at radius 2 is 2.04 bits per heavy atom. The molecule has 3 N–H and O–H groups in total. The maximum atomic E-state index is 12.8. The van der Waals surface area contributed by atoms with E-state index in [1.165, 1.54) is 19.3 Å². The van der Waals surface area contributed by atoms with Crippen molar-refractivity contribution in [2.24, 2.45) is 11.7 Å². The molecule has 2 aromatic heterocycles. The fourth-order valence-corrected chi connectivity index (χ4v) is 3.73. The minimum Gasteiger partial charge on any atom is -0.348 e. The van der Waals surface area contributed by atoms with E-state index >= 15 is 0 Å². The zero-order chi connectivity index (χ0) is 17.6. The van der Waals surface area contributed by atoms with Gasteiger partial charge in [0.25, 0.3) is 5.91 Å². The Kier molecular flexibility index (Phi) is 9.77. The summed E-state index contributed by atoms with van der Waals surface area (Å²) in [5.74, 6) is 1.12. The van der Waals surface area contributed by atoms with Crippen molar-refractivity contribution in [2.75, 3.05) is 6.54 Å². The van der Waals surface area contributed by atoms with E-state index < -0.39 is 0 Å². The standard InChI is InChI=1S/C19H27N5O.2ClH/c1-2-17-15(13-22-24(17)18-10-6-7-11-21-18)19(25)23-16(12-20)14-8-4-3-5-9-14;;/h6-7,10-11,13-14,16H,2-5,8-9,12,20H2,1H3,(H,23,25);2*1H. The second-order valence-corrected chi connectivity index (χ2v) is 6.67. The number of pyridine rings is 1. The van der Waals surface area contributed by atoms with E-state index in [1.54, 1.807) is 17.1 Å². The van der Waals surface area contributed by atoms with Gasteiger partial charge in [-0.1, -0.05) is 32.3 Å². The first-order valence-corrected chi connectivity index (χ1v) is 9.23. The van der Waals surface area contributed by atoms with Gasteiger partial charge in [0, 0.05) is 18.8 Å². The molecule has 1 aliphatic carbocycles. The molecule has 150 valence electrons. The number of hydrogen-bond acceptors (Lipinski definition) is 4. The number of halogens is 2. The Hall–Kier alpha value is -1.63. The van der Waals surface area contributed by atoms with E-state index in [0.717, 1.165) is 24.4 Å². The average Bonchev–Trinajstić information content (AvgIpc) is 3.11. The van der Waals surface area contributed by atoms with Crippen LogP contribution in [0.15, 0.2) is 30.6 Å². The van der Waals surface area contributed by atoms with E-state index in [2.05, 4.69) is 15.4 Å². The largest absolute Gasteiger partial charge is 0.348 e. The molecule has 1 unspecified atom stereocenters. The number of hydrogen-bond donors (Lipinski definition) is 2. The molecule has 27 heavy (non-hydrogen) atoms. The zero-order valence-electron chi connectivity index (χ0n) is 15.6. The number of nitrogens with two attached hydrogens (primary N) is 1. The van der Waals surface area contributed by atoms with Crippen molar-refractivity contribution in [3.8, 4) is 5.82 Å². The Balaban J connectivity index is 0.00000182. The molecule has 1 aliphatic rings. The minimum absolute atomic E-state index is 0. The predicted molar refractivity (Wildman–Crippen MR) is 112 cm³/mol. The van der Waals surface area contributed by atoms with E-state index in [0.29, 0.717) is 24.4 Å². The summed E-state index contributed by atoms with van der Waals surface area (Å²) in [6.45, 7) is 2.50. The maximum absolute atomic E-state index is 12.8. The molecule has 1 saturated carbocycles. The van der Waals surface area contributed by atoms with E-state index in [9.17, 15) is 4.79 Å². The first-order valence-electron chi connectivity index (χ1n) is 9.23. The Morgan fingerprint density at radius 3 is 2.63 bits per heavy atom. The summed E-state index contributed by atoms with van der Waals surface area (Å²) in [6.07, 6.45) is 10.1. The van der Waals surface area contributed by atoms with Crippen LogP contribution in [-0.2, 0) is 6.42 Å². The smallest absolute Gasteiger partial charge is 0.255 e. The molecule has 0 aromatic carbocycles. The lowest BCUT2D eigenvalue weighted by molar-refractivity contribution is 0.0914. The van der Waals surface area contributed by atoms with Crippen molar-refractivity contribution >= 4 is 30.7 Å². The summed E-state index contributed by atoms with van der Waals surface area (Å²) in [4.78, 5) is 17.2. The molecule has 6 nitrogen and oxygen atoms in total. The molecule has 3 rings (SSSR count). The highest BCUT2D eigenvalue weighted by molar-refractivity contribution is 5.95. The normalized spacial score (nSPS) is 15.3. The van der Waals surface area contributed by atoms with E-state index in [4.69, 9.17) is 5.73 Å². The number of aromatic nitrogens is 3. The molecule has 0 radical (unpaired) electrons. The van der Waals surface area contributed by atoms with Crippen molar-refractivity contribution in [2.45, 2.75) is 51.5 Å². The predicted octanol–water partition coefficient (Wildman–Crippen LogP) is 3.31. The summed E-state index contributed by atoms with van der Waals surface area (Å²) in [7, 11) is 0. The SMILES string of the molecule is CCc1c(C(=O)NC(CN)C2CCCCC2)cnn1-c1ccccn1.Cl.Cl. The molecule has 0 bridgehead atoms. The van der Waals surface area contributed by atoms with Gasteiger partial charge in [-0.15, -0.1) is 24.8 Å². The van der Waals surface area contributed by atoms with Crippen molar-refractivity contribution in [1.29, 1.82) is 0 Å². The molecule has 1 fully saturated rings. The van der Waals surface area contributed by atoms with Gasteiger partial charge >= 0.3 is 0 Å². The third-order valence-corrected chi connectivity index (χ3v) is 5.10. The van der Waals surface area contributed by atoms with E-state index in [-0.39, 0.29) is 36.8 Å². The second-order valence-electron chi connectivity index (χ2n) is 6.67. The molecule has 2 heterocycles. The van der Waals surface area contributed by atoms with Crippen LogP contribution in [0.25, 0.3) is 5.82 Å². The van der Waals surface area contributed by atoms with Crippen molar-refractivity contribution < 1.29 is 4.79 Å². The lowest BCUT2D eigenvalue weighted by Crippen LogP contribution is -2.46. The van der Waals surface area contributed by atoms with Gasteiger partial charge in [0.15, 0.2) is 5.82 Å². The quantitative estimate of drug-likeness (QED) is 0.760. The number of amides is 1. The Labute approximate surface area is 173 Å². The highest BCUT2D eigenvalue weighted by Gasteiger charge is 2.26. The van der Waals surface area contributed by atoms with Gasteiger partial charge in [-0.3, -0.25) is 4.79 Å². The highest BCUT2D eigenvalue weighted by Crippen LogP contribution is 2.26. The summed E-state index contributed by atoms with van der Waals surface area (Å²) < 4.78 is 1.74. The number of nitrogens with one attached hydrogen (secondary N) is 1. The van der Waals surface area contributed by atoms with Crippen LogP contribution in [0, 0.1) is 5.92 Å². The van der Waals surface area contributed by atoms with Gasteiger partial charge in [-0.05, 0) is 37.3 Å². The number of carbonyl (C=O) groups excluding carboxylic acids is 1. The molecule has 0 aliphatic heterocycles. The molecular weight excluding hydrogens is 385 g/mol. The summed E-state index contributed by atoms with van der Waals surface area (Å²) >= 11 is 0. The monoisotopic (exact) mass is 413 g/mol. The van der Waals surface area contributed by atoms with Gasteiger partial charge in [0.05, 0.1) is 17.5 Å². The van der Waals surface area contributed by atoms with Crippen LogP contribution >= 0.6 is 24.8 Å². The van der Waals surface area contributed by atoms with Crippen molar-refractivity contribution in [3.63, 3.8) is 0 Å². The molecule has 8 heteroatoms. The van der Waals surface area contributed by atoms with Crippen LogP contribution < -0.4 is 11.1 Å². The van der Waals surface area contributed by atoms with Crippen LogP contribution in [0.5, 0.6) is 0 Å². The van der Waals surface area contributed by atoms with Crippen LogP contribution in [0.4, 0.5) is 0 Å². The third-order valence-electron chi connectivity index (χ3n) is 5.10. The van der Waals surface area contributed by atoms with Crippen LogP contribution in [-0.4, -0.2) is 33.3 Å². The molecule has 2 aromatic rings. The molecular formula is C19H29Cl2N5O. The molecule has 0 spiro atoms. The van der Waals surface area contributed by atoms with Gasteiger partial charge in [0.1, 0.15) is 0 Å². The molecule has 0 saturated heterocycles. The number of carbonyl (C=O) groups is 1. The van der Waals surface area contributed by atoms with Gasteiger partial charge in [-0.25, -0.2) is 9.67 Å². The number of rotatable bonds is 6. The summed E-state index contributed by atoms with van der Waals surface area (Å²) in [6, 6.07) is 5.70. The average molecular weight is 414 g/mol. The first kappa shape index (κ1) is 23.4. The first-order chi connectivity index (χ1) is 12.2. The third kappa shape index (κ3) is 5.43.